The van der Waals surface area contributed by atoms with E-state index in [4.69, 9.17) is 5.10 Å². The van der Waals surface area contributed by atoms with Crippen molar-refractivity contribution in [2.45, 2.75) is 63.0 Å². The monoisotopic (exact) mass is 599 g/mol. The van der Waals surface area contributed by atoms with Gasteiger partial charge in [-0.05, 0) is 81.6 Å². The molecular formula is C34H41N5O3S. The van der Waals surface area contributed by atoms with E-state index in [9.17, 15) is 13.2 Å². The van der Waals surface area contributed by atoms with Crippen LogP contribution in [-0.2, 0) is 15.3 Å². The number of benzene rings is 3. The largest absolute Gasteiger partial charge is 0.324 e. The van der Waals surface area contributed by atoms with E-state index in [0.29, 0.717) is 17.1 Å². The molecule has 0 aliphatic carbocycles. The third-order valence-corrected chi connectivity index (χ3v) is 10.2. The van der Waals surface area contributed by atoms with Crippen molar-refractivity contribution in [2.75, 3.05) is 23.7 Å². The van der Waals surface area contributed by atoms with E-state index in [2.05, 4.69) is 36.7 Å². The molecule has 1 fully saturated rings. The van der Waals surface area contributed by atoms with Crippen molar-refractivity contribution in [3.8, 4) is 5.69 Å². The van der Waals surface area contributed by atoms with E-state index in [1.54, 1.807) is 22.9 Å². The van der Waals surface area contributed by atoms with Crippen molar-refractivity contribution in [1.29, 1.82) is 0 Å². The number of carbonyl (C=O) groups excluding carboxylic acids is 1. The third kappa shape index (κ3) is 6.84. The summed E-state index contributed by atoms with van der Waals surface area (Å²) in [7, 11) is -3.76. The molecule has 226 valence electrons. The van der Waals surface area contributed by atoms with Crippen molar-refractivity contribution in [3.63, 3.8) is 0 Å². The zero-order valence-electron chi connectivity index (χ0n) is 25.5. The molecule has 1 aliphatic heterocycles. The fraction of sp³-hybridized carbons (Fsp3) is 0.353. The topological polar surface area (TPSA) is 105 Å². The Kier molecular flexibility index (Phi) is 8.76. The van der Waals surface area contributed by atoms with Crippen LogP contribution >= 0.6 is 0 Å². The Morgan fingerprint density at radius 1 is 0.907 bits per heavy atom. The summed E-state index contributed by atoms with van der Waals surface area (Å²) in [6.45, 7) is 11.7. The molecule has 1 aromatic heterocycles. The van der Waals surface area contributed by atoms with Gasteiger partial charge in [0.2, 0.25) is 0 Å². The normalized spacial score (nSPS) is 15.2. The number of rotatable bonds is 7. The number of piperidine rings is 1. The molecular weight excluding hydrogens is 558 g/mol. The lowest BCUT2D eigenvalue weighted by atomic mass is 9.89. The van der Waals surface area contributed by atoms with Gasteiger partial charge >= 0.3 is 6.03 Å². The molecule has 1 atom stereocenters. The Hall–Kier alpha value is -3.95. The first kappa shape index (κ1) is 30.5. The number of aromatic nitrogens is 2. The average molecular weight is 600 g/mol. The second kappa shape index (κ2) is 12.3. The van der Waals surface area contributed by atoms with E-state index >= 15 is 0 Å². The highest BCUT2D eigenvalue weighted by molar-refractivity contribution is 7.91. The minimum Gasteiger partial charge on any atom is -0.317 e. The Morgan fingerprint density at radius 3 is 2.14 bits per heavy atom. The second-order valence-electron chi connectivity index (χ2n) is 12.4. The quantitative estimate of drug-likeness (QED) is 0.213. The Labute approximate surface area is 254 Å². The molecule has 1 aliphatic rings. The van der Waals surface area contributed by atoms with Crippen LogP contribution in [0.4, 0.5) is 16.3 Å². The predicted octanol–water partition coefficient (Wildman–Crippen LogP) is 6.95. The minimum atomic E-state index is -3.76. The lowest BCUT2D eigenvalue weighted by Gasteiger charge is -2.32. The van der Waals surface area contributed by atoms with Crippen LogP contribution in [-0.4, -0.2) is 37.3 Å². The van der Waals surface area contributed by atoms with Gasteiger partial charge in [0.05, 0.1) is 21.5 Å². The highest BCUT2D eigenvalue weighted by atomic mass is 32.2. The van der Waals surface area contributed by atoms with Crippen molar-refractivity contribution in [1.82, 2.24) is 15.1 Å². The minimum absolute atomic E-state index is 0.101. The van der Waals surface area contributed by atoms with Crippen LogP contribution in [0.25, 0.3) is 5.69 Å². The van der Waals surface area contributed by atoms with Gasteiger partial charge in [0.15, 0.2) is 9.84 Å². The van der Waals surface area contributed by atoms with Gasteiger partial charge in [-0.25, -0.2) is 17.9 Å². The molecule has 1 saturated heterocycles. The van der Waals surface area contributed by atoms with Gasteiger partial charge < -0.3 is 10.6 Å². The van der Waals surface area contributed by atoms with Crippen LogP contribution < -0.4 is 16.0 Å². The van der Waals surface area contributed by atoms with Crippen LogP contribution in [0.3, 0.4) is 0 Å². The molecule has 9 heteroatoms. The Balaban J connectivity index is 1.49. The number of hydrogen-bond acceptors (Lipinski definition) is 5. The molecule has 0 radical (unpaired) electrons. The molecule has 43 heavy (non-hydrogen) atoms. The van der Waals surface area contributed by atoms with E-state index in [1.807, 2.05) is 74.5 Å². The van der Waals surface area contributed by atoms with Crippen molar-refractivity contribution >= 4 is 27.4 Å². The molecule has 0 saturated carbocycles. The molecule has 8 nitrogen and oxygen atoms in total. The number of anilines is 2. The summed E-state index contributed by atoms with van der Waals surface area (Å²) in [5, 5.41) is 13.3. The number of urea groups is 1. The SMILES string of the molecule is Cc1ccc(-n2nc(C(C)(C)C)cc2NC(=O)Nc2ccccc2C(C2CCNCC2)S(=O)(=O)c2ccc(C)cc2)cc1. The number of amides is 2. The summed E-state index contributed by atoms with van der Waals surface area (Å²) in [6, 6.07) is 23.6. The number of aryl methyl sites for hydroxylation is 2. The molecule has 3 aromatic carbocycles. The number of sulfone groups is 1. The van der Waals surface area contributed by atoms with Crippen LogP contribution in [0.1, 0.15) is 61.2 Å². The first-order valence-corrected chi connectivity index (χ1v) is 16.3. The van der Waals surface area contributed by atoms with E-state index < -0.39 is 21.1 Å². The second-order valence-corrected chi connectivity index (χ2v) is 14.5. The number of nitrogens with zero attached hydrogens (tertiary/aromatic N) is 2. The van der Waals surface area contributed by atoms with Gasteiger partial charge in [-0.15, -0.1) is 0 Å². The van der Waals surface area contributed by atoms with Gasteiger partial charge in [-0.3, -0.25) is 5.32 Å². The number of carbonyl (C=O) groups is 1. The van der Waals surface area contributed by atoms with Gasteiger partial charge in [0.1, 0.15) is 5.82 Å². The maximum atomic E-state index is 14.2. The summed E-state index contributed by atoms with van der Waals surface area (Å²) in [4.78, 5) is 13.9. The first-order valence-electron chi connectivity index (χ1n) is 14.8. The maximum absolute atomic E-state index is 14.2. The highest BCUT2D eigenvalue weighted by Gasteiger charge is 2.38. The van der Waals surface area contributed by atoms with Crippen LogP contribution in [0.15, 0.2) is 83.8 Å². The van der Waals surface area contributed by atoms with Crippen LogP contribution in [0.2, 0.25) is 0 Å². The van der Waals surface area contributed by atoms with Crippen LogP contribution in [0, 0.1) is 19.8 Å². The number of hydrogen-bond donors (Lipinski definition) is 3. The predicted molar refractivity (Wildman–Crippen MR) is 173 cm³/mol. The van der Waals surface area contributed by atoms with Gasteiger partial charge in [-0.1, -0.05) is 74.4 Å². The summed E-state index contributed by atoms with van der Waals surface area (Å²) in [5.41, 5.74) is 4.60. The molecule has 4 aromatic rings. The fourth-order valence-electron chi connectivity index (χ4n) is 5.54. The molecule has 2 heterocycles. The molecule has 3 N–H and O–H groups in total. The van der Waals surface area contributed by atoms with Crippen molar-refractivity contribution < 1.29 is 13.2 Å². The van der Waals surface area contributed by atoms with Gasteiger partial charge in [0, 0.05) is 17.2 Å². The van der Waals surface area contributed by atoms with Crippen LogP contribution in [0.5, 0.6) is 0 Å². The summed E-state index contributed by atoms with van der Waals surface area (Å²) in [6.07, 6.45) is 1.45. The highest BCUT2D eigenvalue weighted by Crippen LogP contribution is 2.42. The standard InChI is InChI=1S/C34H41N5O3S/c1-23-10-14-26(15-11-23)39-31(22-30(38-39)34(3,4)5)37-33(40)36-29-9-7-6-8-28(29)32(25-18-20-35-21-19-25)43(41,42)27-16-12-24(2)13-17-27/h6-17,22,25,32,35H,18-21H2,1-5H3,(H2,36,37,40). The number of para-hydroxylation sites is 1. The van der Waals surface area contributed by atoms with Gasteiger partial charge in [-0.2, -0.15) is 5.10 Å². The Bertz CT molecular complexity index is 1680. The van der Waals surface area contributed by atoms with Gasteiger partial charge in [0.25, 0.3) is 0 Å². The smallest absolute Gasteiger partial charge is 0.317 e. The first-order chi connectivity index (χ1) is 20.4. The maximum Gasteiger partial charge on any atom is 0.324 e. The van der Waals surface area contributed by atoms with Crippen molar-refractivity contribution in [2.24, 2.45) is 5.92 Å². The Morgan fingerprint density at radius 2 is 1.51 bits per heavy atom. The van der Waals surface area contributed by atoms with E-state index in [0.717, 1.165) is 48.4 Å². The fourth-order valence-corrected chi connectivity index (χ4v) is 7.67. The molecule has 5 rings (SSSR count). The zero-order valence-corrected chi connectivity index (χ0v) is 26.3. The van der Waals surface area contributed by atoms with Crippen molar-refractivity contribution in [3.05, 3.63) is 101 Å². The summed E-state index contributed by atoms with van der Waals surface area (Å²) in [5.74, 6) is 0.418. The molecule has 0 bridgehead atoms. The van der Waals surface area contributed by atoms with E-state index in [1.165, 1.54) is 0 Å². The number of nitrogens with one attached hydrogen (secondary N) is 3. The summed E-state index contributed by atoms with van der Waals surface area (Å²) >= 11 is 0. The zero-order chi connectivity index (χ0) is 30.8. The third-order valence-electron chi connectivity index (χ3n) is 8.01. The lowest BCUT2D eigenvalue weighted by molar-refractivity contribution is 0.262. The lowest BCUT2D eigenvalue weighted by Crippen LogP contribution is -2.34. The molecule has 1 unspecified atom stereocenters. The van der Waals surface area contributed by atoms with E-state index in [-0.39, 0.29) is 16.2 Å². The molecule has 0 spiro atoms. The molecule has 2 amide bonds. The summed E-state index contributed by atoms with van der Waals surface area (Å²) < 4.78 is 30.2. The average Bonchev–Trinajstić information content (AvgIpc) is 3.39.